The quantitative estimate of drug-likeness (QED) is 0.273. The molecule has 33 heavy (non-hydrogen) atoms. The summed E-state index contributed by atoms with van der Waals surface area (Å²) in [5.41, 5.74) is 1.10. The van der Waals surface area contributed by atoms with Crippen molar-refractivity contribution < 1.29 is 13.5 Å². The Morgan fingerprint density at radius 1 is 1.06 bits per heavy atom. The third-order valence-corrected chi connectivity index (χ3v) is 7.40. The third-order valence-electron chi connectivity index (χ3n) is 5.50. The molecule has 0 aliphatic rings. The first-order valence-electron chi connectivity index (χ1n) is 10.9. The molecule has 0 radical (unpaired) electrons. The van der Waals surface area contributed by atoms with Crippen LogP contribution in [0.5, 0.6) is 5.75 Å². The lowest BCUT2D eigenvalue weighted by atomic mass is 10.1. The Labute approximate surface area is 200 Å². The van der Waals surface area contributed by atoms with Crippen molar-refractivity contribution >= 4 is 43.8 Å². The van der Waals surface area contributed by atoms with Crippen LogP contribution in [-0.4, -0.2) is 44.6 Å². The van der Waals surface area contributed by atoms with E-state index < -0.39 is 10.0 Å². The van der Waals surface area contributed by atoms with E-state index in [-0.39, 0.29) is 22.0 Å². The van der Waals surface area contributed by atoms with Gasteiger partial charge in [0.05, 0.1) is 0 Å². The molecule has 2 N–H and O–H groups in total. The molecule has 0 unspecified atom stereocenters. The molecule has 3 aromatic rings. The van der Waals surface area contributed by atoms with Gasteiger partial charge < -0.3 is 10.0 Å². The van der Waals surface area contributed by atoms with Crippen LogP contribution in [0.1, 0.15) is 25.8 Å². The number of hydrogen-bond donors (Lipinski definition) is 2. The highest BCUT2D eigenvalue weighted by Crippen LogP contribution is 2.37. The Bertz CT molecular complexity index is 1260. The smallest absolute Gasteiger partial charge is 0.242 e. The lowest BCUT2D eigenvalue weighted by molar-refractivity contribution is 0.300. The average molecular weight is 489 g/mol. The number of fused-ring (bicyclic) bond motifs is 1. The van der Waals surface area contributed by atoms with E-state index in [9.17, 15) is 13.5 Å². The number of hydrogen-bond acceptors (Lipinski definition) is 6. The van der Waals surface area contributed by atoms with E-state index >= 15 is 0 Å². The molecule has 3 rings (SSSR count). The largest absolute Gasteiger partial charge is 0.506 e. The van der Waals surface area contributed by atoms with Gasteiger partial charge in [0.2, 0.25) is 10.0 Å². The van der Waals surface area contributed by atoms with Gasteiger partial charge in [0.1, 0.15) is 22.0 Å². The van der Waals surface area contributed by atoms with E-state index in [0.717, 1.165) is 25.0 Å². The molecule has 0 saturated heterocycles. The van der Waals surface area contributed by atoms with Crippen LogP contribution in [0.25, 0.3) is 10.8 Å². The van der Waals surface area contributed by atoms with Crippen LogP contribution >= 0.6 is 11.6 Å². The highest BCUT2D eigenvalue weighted by atomic mass is 35.5. The van der Waals surface area contributed by atoms with Gasteiger partial charge in [-0.1, -0.05) is 55.8 Å². The summed E-state index contributed by atoms with van der Waals surface area (Å²) >= 11 is 6.24. The first-order valence-corrected chi connectivity index (χ1v) is 12.8. The zero-order chi connectivity index (χ0) is 24.0. The highest BCUT2D eigenvalue weighted by Gasteiger charge is 2.20. The number of benzene rings is 3. The lowest BCUT2D eigenvalue weighted by Crippen LogP contribution is -2.30. The van der Waals surface area contributed by atoms with Gasteiger partial charge in [-0.15, -0.1) is 10.2 Å². The van der Waals surface area contributed by atoms with Crippen molar-refractivity contribution in [1.82, 2.24) is 9.62 Å². The van der Waals surface area contributed by atoms with Crippen LogP contribution in [-0.2, 0) is 10.0 Å². The summed E-state index contributed by atoms with van der Waals surface area (Å²) in [6.07, 6.45) is 0.682. The maximum atomic E-state index is 13.1. The molecule has 7 nitrogen and oxygen atoms in total. The van der Waals surface area contributed by atoms with E-state index in [1.165, 1.54) is 6.07 Å². The summed E-state index contributed by atoms with van der Waals surface area (Å²) in [7, 11) is -3.87. The van der Waals surface area contributed by atoms with E-state index in [2.05, 4.69) is 33.7 Å². The fourth-order valence-corrected chi connectivity index (χ4v) is 4.97. The summed E-state index contributed by atoms with van der Waals surface area (Å²) in [5.74, 6) is -0.0397. The minimum atomic E-state index is -3.87. The van der Waals surface area contributed by atoms with Gasteiger partial charge in [-0.2, -0.15) is 0 Å². The third kappa shape index (κ3) is 6.09. The number of phenolic OH excluding ortho intramolecular Hbond substituents is 1. The molecule has 0 aliphatic heterocycles. The van der Waals surface area contributed by atoms with Gasteiger partial charge in [-0.25, -0.2) is 13.1 Å². The van der Waals surface area contributed by atoms with Crippen LogP contribution in [0, 0.1) is 6.92 Å². The number of halogens is 1. The second kappa shape index (κ2) is 11.1. The Kier molecular flexibility index (Phi) is 8.42. The number of aryl methyl sites for hydroxylation is 1. The van der Waals surface area contributed by atoms with Crippen molar-refractivity contribution in [1.29, 1.82) is 0 Å². The number of aromatic hydroxyl groups is 1. The number of nitrogens with one attached hydrogen (secondary N) is 1. The Morgan fingerprint density at radius 2 is 1.79 bits per heavy atom. The SMILES string of the molecule is CCN(CC)CCCNS(=O)(=O)c1cc(Cl)c(C)cc1N=Nc1c(O)ccc2ccccc12. The molecular formula is C24H29ClN4O3S. The Hall–Kier alpha value is -2.52. The number of nitrogens with zero attached hydrogens (tertiary/aromatic N) is 3. The van der Waals surface area contributed by atoms with E-state index in [4.69, 9.17) is 11.6 Å². The average Bonchev–Trinajstić information content (AvgIpc) is 2.80. The molecule has 0 fully saturated rings. The van der Waals surface area contributed by atoms with Gasteiger partial charge in [0.15, 0.2) is 0 Å². The molecular weight excluding hydrogens is 460 g/mol. The molecule has 0 aliphatic carbocycles. The van der Waals surface area contributed by atoms with Crippen molar-refractivity contribution in [3.8, 4) is 5.75 Å². The van der Waals surface area contributed by atoms with Crippen molar-refractivity contribution in [2.24, 2.45) is 10.2 Å². The second-order valence-corrected chi connectivity index (χ2v) is 9.84. The van der Waals surface area contributed by atoms with Crippen LogP contribution in [0.4, 0.5) is 11.4 Å². The molecule has 0 atom stereocenters. The van der Waals surface area contributed by atoms with Crippen molar-refractivity contribution in [2.75, 3.05) is 26.2 Å². The van der Waals surface area contributed by atoms with Gasteiger partial charge in [-0.05, 0) is 62.1 Å². The topological polar surface area (TPSA) is 94.4 Å². The van der Waals surface area contributed by atoms with E-state index in [1.54, 1.807) is 25.1 Å². The predicted octanol–water partition coefficient (Wildman–Crippen LogP) is 5.93. The normalized spacial score (nSPS) is 12.3. The van der Waals surface area contributed by atoms with Crippen LogP contribution in [0.2, 0.25) is 5.02 Å². The van der Waals surface area contributed by atoms with Gasteiger partial charge in [0.25, 0.3) is 0 Å². The van der Waals surface area contributed by atoms with Crippen molar-refractivity contribution in [3.63, 3.8) is 0 Å². The Morgan fingerprint density at radius 3 is 2.52 bits per heavy atom. The summed E-state index contributed by atoms with van der Waals surface area (Å²) in [6, 6.07) is 13.8. The summed E-state index contributed by atoms with van der Waals surface area (Å²) < 4.78 is 28.8. The van der Waals surface area contributed by atoms with Crippen LogP contribution in [0.3, 0.4) is 0 Å². The molecule has 0 spiro atoms. The first-order chi connectivity index (χ1) is 15.8. The molecule has 0 aromatic heterocycles. The van der Waals surface area contributed by atoms with Crippen LogP contribution in [0.15, 0.2) is 63.7 Å². The molecule has 0 saturated carbocycles. The maximum absolute atomic E-state index is 13.1. The van der Waals surface area contributed by atoms with E-state index in [1.807, 2.05) is 24.3 Å². The van der Waals surface area contributed by atoms with Crippen molar-refractivity contribution in [2.45, 2.75) is 32.1 Å². The fraction of sp³-hybridized carbons (Fsp3) is 0.333. The standard InChI is InChI=1S/C24H29ClN4O3S/c1-4-29(5-2)14-8-13-26-33(31,32)23-16-20(25)17(3)15-21(23)27-28-24-19-10-7-6-9-18(19)11-12-22(24)30/h6-7,9-12,15-16,26,30H,4-5,8,13-14H2,1-3H3. The fourth-order valence-electron chi connectivity index (χ4n) is 3.52. The summed E-state index contributed by atoms with van der Waals surface area (Å²) in [5, 5.41) is 20.7. The maximum Gasteiger partial charge on any atom is 0.242 e. The zero-order valence-corrected chi connectivity index (χ0v) is 20.6. The number of azo groups is 1. The first kappa shape index (κ1) is 25.1. The predicted molar refractivity (Wildman–Crippen MR) is 134 cm³/mol. The highest BCUT2D eigenvalue weighted by molar-refractivity contribution is 7.89. The van der Waals surface area contributed by atoms with Crippen molar-refractivity contribution in [3.05, 3.63) is 59.1 Å². The van der Waals surface area contributed by atoms with Gasteiger partial charge in [0, 0.05) is 17.0 Å². The monoisotopic (exact) mass is 488 g/mol. The summed E-state index contributed by atoms with van der Waals surface area (Å²) in [4.78, 5) is 2.18. The molecule has 9 heteroatoms. The minimum absolute atomic E-state index is 0.0397. The number of rotatable bonds is 10. The Balaban J connectivity index is 1.92. The van der Waals surface area contributed by atoms with Gasteiger partial charge in [-0.3, -0.25) is 0 Å². The molecule has 0 bridgehead atoms. The summed E-state index contributed by atoms with van der Waals surface area (Å²) in [6.45, 7) is 8.86. The lowest BCUT2D eigenvalue weighted by Gasteiger charge is -2.18. The number of sulfonamides is 1. The minimum Gasteiger partial charge on any atom is -0.506 e. The number of phenols is 1. The van der Waals surface area contributed by atoms with Crippen LogP contribution < -0.4 is 4.72 Å². The molecule has 0 amide bonds. The zero-order valence-electron chi connectivity index (χ0n) is 19.0. The van der Waals surface area contributed by atoms with E-state index in [0.29, 0.717) is 28.9 Å². The van der Waals surface area contributed by atoms with Gasteiger partial charge >= 0.3 is 0 Å². The molecule has 0 heterocycles. The molecule has 3 aromatic carbocycles. The molecule has 176 valence electrons. The second-order valence-electron chi connectivity index (χ2n) is 7.70.